The molecule has 3 rings (SSSR count). The lowest BCUT2D eigenvalue weighted by molar-refractivity contribution is -0.120. The van der Waals surface area contributed by atoms with Crippen LogP contribution in [0.25, 0.3) is 0 Å². The molecule has 0 aliphatic heterocycles. The molecule has 0 aliphatic carbocycles. The summed E-state index contributed by atoms with van der Waals surface area (Å²) in [5.41, 5.74) is 3.33. The van der Waals surface area contributed by atoms with Crippen LogP contribution in [0.3, 0.4) is 0 Å². The molecular formula is C21H22N2OS. The van der Waals surface area contributed by atoms with Crippen LogP contribution >= 0.6 is 11.3 Å². The van der Waals surface area contributed by atoms with Crippen molar-refractivity contribution in [3.63, 3.8) is 0 Å². The van der Waals surface area contributed by atoms with Crippen LogP contribution in [-0.4, -0.2) is 17.4 Å². The van der Waals surface area contributed by atoms with Gasteiger partial charge in [0.05, 0.1) is 17.1 Å². The number of nitrogens with zero attached hydrogens (tertiary/aromatic N) is 1. The zero-order valence-corrected chi connectivity index (χ0v) is 15.1. The normalized spacial score (nSPS) is 11.9. The van der Waals surface area contributed by atoms with E-state index in [0.717, 1.165) is 17.1 Å². The Hall–Kier alpha value is -2.46. The van der Waals surface area contributed by atoms with Gasteiger partial charge in [-0.25, -0.2) is 4.98 Å². The lowest BCUT2D eigenvalue weighted by Crippen LogP contribution is -2.29. The smallest absolute Gasteiger partial charge is 0.226 e. The summed E-state index contributed by atoms with van der Waals surface area (Å²) in [7, 11) is 0. The Kier molecular flexibility index (Phi) is 5.96. The van der Waals surface area contributed by atoms with Gasteiger partial charge in [0.25, 0.3) is 0 Å². The summed E-state index contributed by atoms with van der Waals surface area (Å²) < 4.78 is 0. The third-order valence-electron chi connectivity index (χ3n) is 4.11. The summed E-state index contributed by atoms with van der Waals surface area (Å²) in [6.45, 7) is 2.76. The summed E-state index contributed by atoms with van der Waals surface area (Å²) in [4.78, 5) is 16.8. The molecule has 1 atom stereocenters. The van der Waals surface area contributed by atoms with Gasteiger partial charge >= 0.3 is 0 Å². The summed E-state index contributed by atoms with van der Waals surface area (Å²) in [6.07, 6.45) is 1.16. The number of rotatable bonds is 7. The van der Waals surface area contributed by atoms with Crippen LogP contribution in [0.4, 0.5) is 0 Å². The summed E-state index contributed by atoms with van der Waals surface area (Å²) in [5.74, 6) is 0.327. The summed E-state index contributed by atoms with van der Waals surface area (Å²) >= 11 is 1.62. The van der Waals surface area contributed by atoms with E-state index in [2.05, 4.69) is 41.5 Å². The largest absolute Gasteiger partial charge is 0.355 e. The molecule has 0 radical (unpaired) electrons. The van der Waals surface area contributed by atoms with Crippen LogP contribution in [0.15, 0.2) is 66.0 Å². The lowest BCUT2D eigenvalue weighted by atomic mass is 10.0. The van der Waals surface area contributed by atoms with Crippen LogP contribution in [0.5, 0.6) is 0 Å². The van der Waals surface area contributed by atoms with Crippen molar-refractivity contribution in [2.24, 2.45) is 0 Å². The van der Waals surface area contributed by atoms with Crippen molar-refractivity contribution in [1.29, 1.82) is 0 Å². The molecule has 0 unspecified atom stereocenters. The topological polar surface area (TPSA) is 42.0 Å². The van der Waals surface area contributed by atoms with Gasteiger partial charge in [0.1, 0.15) is 0 Å². The highest BCUT2D eigenvalue weighted by molar-refractivity contribution is 7.09. The number of hydrogen-bond acceptors (Lipinski definition) is 3. The van der Waals surface area contributed by atoms with Crippen LogP contribution in [0.1, 0.15) is 34.7 Å². The molecule has 3 aromatic rings. The van der Waals surface area contributed by atoms with Crippen molar-refractivity contribution in [3.05, 3.63) is 87.9 Å². The fourth-order valence-corrected chi connectivity index (χ4v) is 3.50. The molecule has 0 aliphatic rings. The highest BCUT2D eigenvalue weighted by atomic mass is 32.1. The average Bonchev–Trinajstić information content (AvgIpc) is 3.08. The maximum atomic E-state index is 12.2. The van der Waals surface area contributed by atoms with Gasteiger partial charge in [0.15, 0.2) is 0 Å². The molecule has 25 heavy (non-hydrogen) atoms. The van der Waals surface area contributed by atoms with E-state index < -0.39 is 0 Å². The zero-order chi connectivity index (χ0) is 17.5. The molecule has 4 heteroatoms. The molecule has 128 valence electrons. The predicted molar refractivity (Wildman–Crippen MR) is 103 cm³/mol. The van der Waals surface area contributed by atoms with Crippen molar-refractivity contribution >= 4 is 17.2 Å². The number of carbonyl (C=O) groups excluding carboxylic acids is 1. The van der Waals surface area contributed by atoms with E-state index in [1.165, 1.54) is 11.1 Å². The third kappa shape index (κ3) is 5.26. The van der Waals surface area contributed by atoms with Gasteiger partial charge in [-0.3, -0.25) is 4.79 Å². The number of thiazole rings is 1. The van der Waals surface area contributed by atoms with E-state index in [9.17, 15) is 4.79 Å². The zero-order valence-electron chi connectivity index (χ0n) is 14.3. The fourth-order valence-electron chi connectivity index (χ4n) is 2.68. The van der Waals surface area contributed by atoms with E-state index in [0.29, 0.717) is 18.9 Å². The van der Waals surface area contributed by atoms with Crippen molar-refractivity contribution in [2.45, 2.75) is 25.7 Å². The van der Waals surface area contributed by atoms with Gasteiger partial charge in [0, 0.05) is 18.3 Å². The van der Waals surface area contributed by atoms with E-state index in [1.807, 2.05) is 41.8 Å². The molecule has 0 fully saturated rings. The minimum Gasteiger partial charge on any atom is -0.355 e. The molecule has 0 saturated carbocycles. The second-order valence-electron chi connectivity index (χ2n) is 6.19. The second kappa shape index (κ2) is 8.58. The maximum absolute atomic E-state index is 12.2. The van der Waals surface area contributed by atoms with Crippen LogP contribution < -0.4 is 5.32 Å². The van der Waals surface area contributed by atoms with E-state index >= 15 is 0 Å². The molecule has 0 bridgehead atoms. The van der Waals surface area contributed by atoms with Crippen molar-refractivity contribution in [3.8, 4) is 0 Å². The quantitative estimate of drug-likeness (QED) is 0.694. The minimum atomic E-state index is 0.0272. The lowest BCUT2D eigenvalue weighted by Gasteiger charge is -2.12. The van der Waals surface area contributed by atoms with Crippen molar-refractivity contribution in [1.82, 2.24) is 10.3 Å². The van der Waals surface area contributed by atoms with Gasteiger partial charge in [-0.05, 0) is 17.0 Å². The highest BCUT2D eigenvalue weighted by Crippen LogP contribution is 2.16. The number of aromatic nitrogens is 1. The van der Waals surface area contributed by atoms with E-state index in [4.69, 9.17) is 0 Å². The SMILES string of the molecule is C[C@@H](CNC(=O)Cc1csc(Cc2ccccc2)n1)c1ccccc1. The Balaban J connectivity index is 1.48. The van der Waals surface area contributed by atoms with Crippen LogP contribution in [0.2, 0.25) is 0 Å². The van der Waals surface area contributed by atoms with Crippen LogP contribution in [0, 0.1) is 0 Å². The molecule has 0 saturated heterocycles. The third-order valence-corrected chi connectivity index (χ3v) is 5.01. The number of benzene rings is 2. The first-order valence-corrected chi connectivity index (χ1v) is 9.37. The molecule has 2 aromatic carbocycles. The second-order valence-corrected chi connectivity index (χ2v) is 7.13. The first-order valence-electron chi connectivity index (χ1n) is 8.49. The molecule has 3 nitrogen and oxygen atoms in total. The number of carbonyl (C=O) groups is 1. The molecule has 0 spiro atoms. The summed E-state index contributed by atoms with van der Waals surface area (Å²) in [5, 5.41) is 6.05. The van der Waals surface area contributed by atoms with Crippen LogP contribution in [-0.2, 0) is 17.6 Å². The Morgan fingerprint density at radius 2 is 1.76 bits per heavy atom. The Labute approximate surface area is 152 Å². The van der Waals surface area contributed by atoms with Gasteiger partial charge in [-0.2, -0.15) is 0 Å². The Bertz CT molecular complexity index is 799. The number of amides is 1. The monoisotopic (exact) mass is 350 g/mol. The predicted octanol–water partition coefficient (Wildman–Crippen LogP) is 4.20. The molecule has 1 heterocycles. The fraction of sp³-hybridized carbons (Fsp3) is 0.238. The van der Waals surface area contributed by atoms with Gasteiger partial charge in [0.2, 0.25) is 5.91 Å². The number of nitrogens with one attached hydrogen (secondary N) is 1. The number of hydrogen-bond donors (Lipinski definition) is 1. The van der Waals surface area contributed by atoms with Gasteiger partial charge in [-0.15, -0.1) is 11.3 Å². The van der Waals surface area contributed by atoms with Gasteiger partial charge in [-0.1, -0.05) is 67.6 Å². The Morgan fingerprint density at radius 3 is 2.48 bits per heavy atom. The van der Waals surface area contributed by atoms with E-state index in [-0.39, 0.29) is 5.91 Å². The maximum Gasteiger partial charge on any atom is 0.226 e. The molecule has 1 N–H and O–H groups in total. The Morgan fingerprint density at radius 1 is 1.08 bits per heavy atom. The average molecular weight is 350 g/mol. The molecule has 1 amide bonds. The summed E-state index contributed by atoms with van der Waals surface area (Å²) in [6, 6.07) is 20.5. The first kappa shape index (κ1) is 17.4. The molecule has 1 aromatic heterocycles. The standard InChI is InChI=1S/C21H22N2OS/c1-16(18-10-6-3-7-11-18)14-22-20(24)13-19-15-25-21(23-19)12-17-8-4-2-5-9-17/h2-11,15-16H,12-14H2,1H3,(H,22,24)/t16-/m0/s1. The van der Waals surface area contributed by atoms with Crippen molar-refractivity contribution < 1.29 is 4.79 Å². The molecular weight excluding hydrogens is 328 g/mol. The van der Waals surface area contributed by atoms with Gasteiger partial charge < -0.3 is 5.32 Å². The van der Waals surface area contributed by atoms with E-state index in [1.54, 1.807) is 11.3 Å². The first-order chi connectivity index (χ1) is 12.2. The minimum absolute atomic E-state index is 0.0272. The van der Waals surface area contributed by atoms with Crippen molar-refractivity contribution in [2.75, 3.05) is 6.54 Å². The highest BCUT2D eigenvalue weighted by Gasteiger charge is 2.10.